The molecule has 1 aliphatic carbocycles. The van der Waals surface area contributed by atoms with E-state index in [-0.39, 0.29) is 11.8 Å². The normalized spacial score (nSPS) is 15.7. The molecule has 1 aliphatic rings. The van der Waals surface area contributed by atoms with Gasteiger partial charge in [-0.25, -0.2) is 4.79 Å². The van der Waals surface area contributed by atoms with Gasteiger partial charge in [0.05, 0.1) is 0 Å². The van der Waals surface area contributed by atoms with Crippen LogP contribution in [0, 0.1) is 5.92 Å². The number of benzene rings is 2. The molecule has 0 spiro atoms. The standard InChI is InChI=1S/C21H23NO3/c23-20(18-8-4-5-9-18)22-19(21(24)25)14-15-10-12-17(13-11-15)16-6-2-1-3-7-16/h1-3,6-7,10-13,18-19H,4-5,8-9,14H2,(H,22,23)(H,24,25)/t19-/m0/s1. The quantitative estimate of drug-likeness (QED) is 0.845. The largest absolute Gasteiger partial charge is 0.480 e. The van der Waals surface area contributed by atoms with Gasteiger partial charge in [-0.2, -0.15) is 0 Å². The van der Waals surface area contributed by atoms with Crippen LogP contribution in [0.5, 0.6) is 0 Å². The highest BCUT2D eigenvalue weighted by Crippen LogP contribution is 2.25. The lowest BCUT2D eigenvalue weighted by molar-refractivity contribution is -0.142. The van der Waals surface area contributed by atoms with Crippen molar-refractivity contribution < 1.29 is 14.7 Å². The van der Waals surface area contributed by atoms with Gasteiger partial charge in [-0.1, -0.05) is 67.4 Å². The van der Waals surface area contributed by atoms with Gasteiger partial charge >= 0.3 is 5.97 Å². The maximum Gasteiger partial charge on any atom is 0.326 e. The van der Waals surface area contributed by atoms with Gasteiger partial charge in [-0.3, -0.25) is 4.79 Å². The molecule has 0 unspecified atom stereocenters. The van der Waals surface area contributed by atoms with Gasteiger partial charge in [0.25, 0.3) is 0 Å². The van der Waals surface area contributed by atoms with Crippen LogP contribution in [0.2, 0.25) is 0 Å². The van der Waals surface area contributed by atoms with E-state index in [1.54, 1.807) is 0 Å². The summed E-state index contributed by atoms with van der Waals surface area (Å²) in [7, 11) is 0. The van der Waals surface area contributed by atoms with Crippen molar-refractivity contribution in [3.05, 3.63) is 60.2 Å². The second-order valence-electron chi connectivity index (χ2n) is 6.65. The molecule has 4 heteroatoms. The summed E-state index contributed by atoms with van der Waals surface area (Å²) in [6.45, 7) is 0. The van der Waals surface area contributed by atoms with E-state index in [1.165, 1.54) is 0 Å². The first-order valence-corrected chi connectivity index (χ1v) is 8.81. The molecule has 4 nitrogen and oxygen atoms in total. The van der Waals surface area contributed by atoms with E-state index in [9.17, 15) is 14.7 Å². The van der Waals surface area contributed by atoms with Crippen molar-refractivity contribution in [3.8, 4) is 11.1 Å². The van der Waals surface area contributed by atoms with Crippen molar-refractivity contribution in [3.63, 3.8) is 0 Å². The number of carbonyl (C=O) groups excluding carboxylic acids is 1. The fraction of sp³-hybridized carbons (Fsp3) is 0.333. The Morgan fingerprint density at radius 1 is 0.960 bits per heavy atom. The zero-order chi connectivity index (χ0) is 17.6. The van der Waals surface area contributed by atoms with Crippen LogP contribution in [-0.4, -0.2) is 23.0 Å². The predicted octanol–water partition coefficient (Wildman–Crippen LogP) is 3.66. The van der Waals surface area contributed by atoms with Crippen LogP contribution in [0.3, 0.4) is 0 Å². The molecule has 0 heterocycles. The molecule has 130 valence electrons. The van der Waals surface area contributed by atoms with Crippen LogP contribution >= 0.6 is 0 Å². The zero-order valence-corrected chi connectivity index (χ0v) is 14.2. The van der Waals surface area contributed by atoms with E-state index in [4.69, 9.17) is 0 Å². The summed E-state index contributed by atoms with van der Waals surface area (Å²) in [6, 6.07) is 17.0. The number of carboxylic acids is 1. The van der Waals surface area contributed by atoms with Gasteiger partial charge in [-0.15, -0.1) is 0 Å². The molecule has 2 aromatic carbocycles. The Hall–Kier alpha value is -2.62. The van der Waals surface area contributed by atoms with Crippen molar-refractivity contribution in [2.24, 2.45) is 5.92 Å². The number of amides is 1. The summed E-state index contributed by atoms with van der Waals surface area (Å²) >= 11 is 0. The van der Waals surface area contributed by atoms with E-state index >= 15 is 0 Å². The van der Waals surface area contributed by atoms with E-state index in [0.717, 1.165) is 42.4 Å². The third-order valence-electron chi connectivity index (χ3n) is 4.84. The number of rotatable bonds is 6. The molecule has 0 bridgehead atoms. The molecule has 1 fully saturated rings. The maximum atomic E-state index is 12.2. The molecule has 0 aliphatic heterocycles. The third kappa shape index (κ3) is 4.47. The first kappa shape index (κ1) is 17.2. The predicted molar refractivity (Wildman–Crippen MR) is 97.1 cm³/mol. The lowest BCUT2D eigenvalue weighted by Crippen LogP contribution is -2.44. The Labute approximate surface area is 147 Å². The van der Waals surface area contributed by atoms with Gasteiger partial charge in [0.2, 0.25) is 5.91 Å². The second kappa shape index (κ2) is 7.97. The fourth-order valence-electron chi connectivity index (χ4n) is 3.38. The van der Waals surface area contributed by atoms with Crippen molar-refractivity contribution in [1.82, 2.24) is 5.32 Å². The van der Waals surface area contributed by atoms with Crippen LogP contribution in [-0.2, 0) is 16.0 Å². The second-order valence-corrected chi connectivity index (χ2v) is 6.65. The molecule has 25 heavy (non-hydrogen) atoms. The SMILES string of the molecule is O=C(N[C@@H](Cc1ccc(-c2ccccc2)cc1)C(=O)O)C1CCCC1. The topological polar surface area (TPSA) is 66.4 Å². The summed E-state index contributed by atoms with van der Waals surface area (Å²) in [6.07, 6.45) is 4.13. The highest BCUT2D eigenvalue weighted by molar-refractivity contribution is 5.85. The highest BCUT2D eigenvalue weighted by atomic mass is 16.4. The lowest BCUT2D eigenvalue weighted by Gasteiger charge is -2.17. The summed E-state index contributed by atoms with van der Waals surface area (Å²) in [5.74, 6) is -1.13. The molecule has 0 saturated heterocycles. The summed E-state index contributed by atoms with van der Waals surface area (Å²) in [5, 5.41) is 12.2. The minimum absolute atomic E-state index is 0.0256. The Kier molecular flexibility index (Phi) is 5.49. The third-order valence-corrected chi connectivity index (χ3v) is 4.84. The fourth-order valence-corrected chi connectivity index (χ4v) is 3.38. The van der Waals surface area contributed by atoms with Gasteiger partial charge in [-0.05, 0) is 29.5 Å². The number of carbonyl (C=O) groups is 2. The monoisotopic (exact) mass is 337 g/mol. The van der Waals surface area contributed by atoms with E-state index in [2.05, 4.69) is 5.32 Å². The van der Waals surface area contributed by atoms with E-state index in [0.29, 0.717) is 6.42 Å². The molecule has 1 saturated carbocycles. The number of carboxylic acid groups (broad SMARTS) is 1. The Balaban J connectivity index is 1.65. The van der Waals surface area contributed by atoms with Gasteiger partial charge in [0.15, 0.2) is 0 Å². The molecular formula is C21H23NO3. The molecule has 2 aromatic rings. The van der Waals surface area contributed by atoms with E-state index in [1.807, 2.05) is 54.6 Å². The molecule has 0 radical (unpaired) electrons. The minimum Gasteiger partial charge on any atom is -0.480 e. The molecular weight excluding hydrogens is 314 g/mol. The molecule has 0 aromatic heterocycles. The first-order chi connectivity index (χ1) is 12.1. The molecule has 1 atom stereocenters. The van der Waals surface area contributed by atoms with Crippen molar-refractivity contribution in [2.75, 3.05) is 0 Å². The Morgan fingerprint density at radius 3 is 2.16 bits per heavy atom. The highest BCUT2D eigenvalue weighted by Gasteiger charge is 2.27. The lowest BCUT2D eigenvalue weighted by atomic mass is 10.00. The van der Waals surface area contributed by atoms with Crippen LogP contribution in [0.25, 0.3) is 11.1 Å². The zero-order valence-electron chi connectivity index (χ0n) is 14.2. The number of hydrogen-bond acceptors (Lipinski definition) is 2. The Bertz CT molecular complexity index is 719. The summed E-state index contributed by atoms with van der Waals surface area (Å²) in [4.78, 5) is 23.7. The maximum absolute atomic E-state index is 12.2. The van der Waals surface area contributed by atoms with Crippen LogP contribution < -0.4 is 5.32 Å². The number of hydrogen-bond donors (Lipinski definition) is 2. The average molecular weight is 337 g/mol. The van der Waals surface area contributed by atoms with Crippen LogP contribution in [0.4, 0.5) is 0 Å². The molecule has 3 rings (SSSR count). The van der Waals surface area contributed by atoms with Gasteiger partial charge < -0.3 is 10.4 Å². The smallest absolute Gasteiger partial charge is 0.326 e. The van der Waals surface area contributed by atoms with E-state index < -0.39 is 12.0 Å². The Morgan fingerprint density at radius 2 is 1.56 bits per heavy atom. The summed E-state index contributed by atoms with van der Waals surface area (Å²) in [5.41, 5.74) is 3.11. The van der Waals surface area contributed by atoms with Gasteiger partial charge in [0.1, 0.15) is 6.04 Å². The molecule has 2 N–H and O–H groups in total. The van der Waals surface area contributed by atoms with Gasteiger partial charge in [0, 0.05) is 12.3 Å². The number of aliphatic carboxylic acids is 1. The van der Waals surface area contributed by atoms with Crippen LogP contribution in [0.15, 0.2) is 54.6 Å². The average Bonchev–Trinajstić information content (AvgIpc) is 3.17. The van der Waals surface area contributed by atoms with Crippen LogP contribution in [0.1, 0.15) is 31.2 Å². The van der Waals surface area contributed by atoms with Crippen molar-refractivity contribution >= 4 is 11.9 Å². The first-order valence-electron chi connectivity index (χ1n) is 8.81. The van der Waals surface area contributed by atoms with Crippen molar-refractivity contribution in [1.29, 1.82) is 0 Å². The summed E-state index contributed by atoms with van der Waals surface area (Å²) < 4.78 is 0. The minimum atomic E-state index is -0.988. The molecule has 1 amide bonds. The van der Waals surface area contributed by atoms with Crippen molar-refractivity contribution in [2.45, 2.75) is 38.1 Å². The number of nitrogens with one attached hydrogen (secondary N) is 1.